The Morgan fingerprint density at radius 3 is 1.75 bits per heavy atom. The Morgan fingerprint density at radius 2 is 0.943 bits per heavy atom. The average molecular weight is 678 g/mol. The van der Waals surface area contributed by atoms with Crippen LogP contribution in [0, 0.1) is 0 Å². The van der Waals surface area contributed by atoms with Crippen molar-refractivity contribution in [2.45, 2.75) is 25.7 Å². The lowest BCUT2D eigenvalue weighted by atomic mass is 9.84. The van der Waals surface area contributed by atoms with E-state index in [1.165, 1.54) is 96.2 Å². The van der Waals surface area contributed by atoms with Gasteiger partial charge in [0.2, 0.25) is 0 Å². The largest absolute Gasteiger partial charge is 0.310 e. The van der Waals surface area contributed by atoms with Gasteiger partial charge in [-0.3, -0.25) is 0 Å². The molecule has 0 bridgehead atoms. The summed E-state index contributed by atoms with van der Waals surface area (Å²) in [5, 5.41) is 7.75. The second kappa shape index (κ2) is 13.3. The first-order chi connectivity index (χ1) is 26.3. The van der Waals surface area contributed by atoms with Crippen molar-refractivity contribution >= 4 is 49.4 Å². The smallest absolute Gasteiger partial charge is 0.0546 e. The van der Waals surface area contributed by atoms with E-state index in [4.69, 9.17) is 0 Å². The lowest BCUT2D eigenvalue weighted by Gasteiger charge is -2.28. The zero-order valence-electron chi connectivity index (χ0n) is 29.7. The van der Waals surface area contributed by atoms with E-state index in [0.29, 0.717) is 0 Å². The zero-order chi connectivity index (χ0) is 35.1. The van der Waals surface area contributed by atoms with E-state index in [9.17, 15) is 0 Å². The summed E-state index contributed by atoms with van der Waals surface area (Å²) in [6.07, 6.45) is 4.87. The van der Waals surface area contributed by atoms with E-state index < -0.39 is 0 Å². The van der Waals surface area contributed by atoms with E-state index in [0.717, 1.165) is 17.8 Å². The van der Waals surface area contributed by atoms with Crippen molar-refractivity contribution < 1.29 is 0 Å². The molecule has 0 amide bonds. The van der Waals surface area contributed by atoms with Gasteiger partial charge in [0.05, 0.1) is 5.69 Å². The van der Waals surface area contributed by atoms with Gasteiger partial charge in [-0.25, -0.2) is 0 Å². The Balaban J connectivity index is 1.15. The van der Waals surface area contributed by atoms with Crippen molar-refractivity contribution in [2.75, 3.05) is 4.90 Å². The van der Waals surface area contributed by atoms with Crippen LogP contribution in [0.3, 0.4) is 0 Å². The van der Waals surface area contributed by atoms with Crippen LogP contribution < -0.4 is 4.90 Å². The molecule has 9 aromatic rings. The molecule has 252 valence electrons. The van der Waals surface area contributed by atoms with Gasteiger partial charge in [-0.1, -0.05) is 152 Å². The highest BCUT2D eigenvalue weighted by molar-refractivity contribution is 6.14. The number of fused-ring (bicyclic) bond motifs is 6. The summed E-state index contributed by atoms with van der Waals surface area (Å²) in [6.45, 7) is 0. The highest BCUT2D eigenvalue weighted by Gasteiger charge is 2.20. The van der Waals surface area contributed by atoms with Crippen molar-refractivity contribution in [3.63, 3.8) is 0 Å². The van der Waals surface area contributed by atoms with Crippen molar-refractivity contribution in [1.29, 1.82) is 0 Å². The summed E-state index contributed by atoms with van der Waals surface area (Å²) in [5.41, 5.74) is 13.9. The SMILES string of the molecule is c1ccc(-c2cccc(-c3ccc(N(c4cccc(-c5cc6c(c7ccccc57)CCCC6)c4)c4cc5ccccc5c5ccccc45)cc3)c2)cc1. The minimum atomic E-state index is 1.13. The Hall–Kier alpha value is -6.44. The third kappa shape index (κ3) is 5.66. The molecule has 0 radical (unpaired) electrons. The zero-order valence-corrected chi connectivity index (χ0v) is 29.7. The molecule has 0 saturated heterocycles. The third-order valence-electron chi connectivity index (χ3n) is 11.2. The first kappa shape index (κ1) is 31.3. The van der Waals surface area contributed by atoms with Gasteiger partial charge in [-0.2, -0.15) is 0 Å². The summed E-state index contributed by atoms with van der Waals surface area (Å²) >= 11 is 0. The topological polar surface area (TPSA) is 3.24 Å². The van der Waals surface area contributed by atoms with Gasteiger partial charge in [-0.15, -0.1) is 0 Å². The van der Waals surface area contributed by atoms with E-state index in [1.54, 1.807) is 5.56 Å². The number of anilines is 3. The lowest BCUT2D eigenvalue weighted by molar-refractivity contribution is 0.690. The molecule has 0 unspecified atom stereocenters. The summed E-state index contributed by atoms with van der Waals surface area (Å²) in [7, 11) is 0. The van der Waals surface area contributed by atoms with Crippen LogP contribution in [0.2, 0.25) is 0 Å². The van der Waals surface area contributed by atoms with Gasteiger partial charge in [-0.05, 0) is 134 Å². The number of aryl methyl sites for hydroxylation is 2. The van der Waals surface area contributed by atoms with E-state index in [2.05, 4.69) is 193 Å². The Labute approximate surface area is 311 Å². The van der Waals surface area contributed by atoms with Crippen molar-refractivity contribution in [3.05, 3.63) is 199 Å². The molecule has 0 heterocycles. The Kier molecular flexibility index (Phi) is 7.84. The maximum atomic E-state index is 2.49. The van der Waals surface area contributed by atoms with E-state index in [-0.39, 0.29) is 0 Å². The number of nitrogens with zero attached hydrogens (tertiary/aromatic N) is 1. The fraction of sp³-hybridized carbons (Fsp3) is 0.0769. The predicted molar refractivity (Wildman–Crippen MR) is 227 cm³/mol. The quantitative estimate of drug-likeness (QED) is 0.158. The Morgan fingerprint density at radius 1 is 0.340 bits per heavy atom. The maximum absolute atomic E-state index is 2.49. The van der Waals surface area contributed by atoms with Gasteiger partial charge < -0.3 is 4.90 Å². The van der Waals surface area contributed by atoms with Gasteiger partial charge >= 0.3 is 0 Å². The van der Waals surface area contributed by atoms with E-state index in [1.807, 2.05) is 0 Å². The predicted octanol–water partition coefficient (Wildman–Crippen LogP) is 14.5. The first-order valence-electron chi connectivity index (χ1n) is 18.9. The van der Waals surface area contributed by atoms with Crippen LogP contribution >= 0.6 is 0 Å². The number of hydrogen-bond donors (Lipinski definition) is 0. The molecule has 53 heavy (non-hydrogen) atoms. The molecule has 0 aliphatic heterocycles. The summed E-state index contributed by atoms with van der Waals surface area (Å²) in [5.74, 6) is 0. The third-order valence-corrected chi connectivity index (χ3v) is 11.2. The van der Waals surface area contributed by atoms with Crippen LogP contribution in [-0.4, -0.2) is 0 Å². The minimum absolute atomic E-state index is 1.13. The Bertz CT molecular complexity index is 2780. The first-order valence-corrected chi connectivity index (χ1v) is 18.9. The molecule has 0 N–H and O–H groups in total. The number of hydrogen-bond acceptors (Lipinski definition) is 1. The van der Waals surface area contributed by atoms with Gasteiger partial charge in [0.25, 0.3) is 0 Å². The fourth-order valence-corrected chi connectivity index (χ4v) is 8.64. The molecule has 0 spiro atoms. The summed E-state index contributed by atoms with van der Waals surface area (Å²) in [6, 6.07) is 69.3. The second-order valence-electron chi connectivity index (χ2n) is 14.4. The maximum Gasteiger partial charge on any atom is 0.0546 e. The normalized spacial score (nSPS) is 12.6. The molecule has 1 heteroatoms. The van der Waals surface area contributed by atoms with Crippen LogP contribution in [0.25, 0.3) is 65.7 Å². The number of benzene rings is 9. The van der Waals surface area contributed by atoms with Crippen LogP contribution in [0.4, 0.5) is 17.1 Å². The number of rotatable bonds is 6. The van der Waals surface area contributed by atoms with Crippen LogP contribution in [0.1, 0.15) is 24.0 Å². The van der Waals surface area contributed by atoms with Gasteiger partial charge in [0, 0.05) is 16.8 Å². The lowest BCUT2D eigenvalue weighted by Crippen LogP contribution is -2.11. The standard InChI is InChI=1S/C52H39N/c1-2-14-36(15-3-1)38-18-12-19-39(32-38)37-28-30-43(31-29-37)53(52-35-42-17-5-7-23-46(42)48-25-10-11-27-50(48)52)44-21-13-20-40(33-44)51-34-41-16-4-6-22-45(41)47-24-8-9-26-49(47)51/h1-3,5,7-15,17-21,23-35H,4,6,16,22H2. The second-order valence-corrected chi connectivity index (χ2v) is 14.4. The molecular formula is C52H39N. The summed E-state index contributed by atoms with van der Waals surface area (Å²) in [4.78, 5) is 2.46. The molecule has 0 fully saturated rings. The molecule has 1 nitrogen and oxygen atoms in total. The summed E-state index contributed by atoms with van der Waals surface area (Å²) < 4.78 is 0. The molecule has 0 saturated carbocycles. The van der Waals surface area contributed by atoms with Gasteiger partial charge in [0.1, 0.15) is 0 Å². The molecule has 1 aliphatic rings. The minimum Gasteiger partial charge on any atom is -0.310 e. The van der Waals surface area contributed by atoms with E-state index >= 15 is 0 Å². The molecule has 0 aromatic heterocycles. The highest BCUT2D eigenvalue weighted by Crippen LogP contribution is 2.44. The molecule has 9 aromatic carbocycles. The molecule has 0 atom stereocenters. The molecule has 1 aliphatic carbocycles. The average Bonchev–Trinajstić information content (AvgIpc) is 3.24. The monoisotopic (exact) mass is 677 g/mol. The molecule has 10 rings (SSSR count). The van der Waals surface area contributed by atoms with Crippen LogP contribution in [-0.2, 0) is 12.8 Å². The van der Waals surface area contributed by atoms with Crippen LogP contribution in [0.15, 0.2) is 188 Å². The van der Waals surface area contributed by atoms with Crippen molar-refractivity contribution in [1.82, 2.24) is 0 Å². The molecular weight excluding hydrogens is 639 g/mol. The van der Waals surface area contributed by atoms with Gasteiger partial charge in [0.15, 0.2) is 0 Å². The highest BCUT2D eigenvalue weighted by atomic mass is 15.1. The van der Waals surface area contributed by atoms with Crippen LogP contribution in [0.5, 0.6) is 0 Å². The van der Waals surface area contributed by atoms with Crippen molar-refractivity contribution in [2.24, 2.45) is 0 Å². The van der Waals surface area contributed by atoms with Crippen molar-refractivity contribution in [3.8, 4) is 33.4 Å². The fourth-order valence-electron chi connectivity index (χ4n) is 8.64.